The van der Waals surface area contributed by atoms with Crippen LogP contribution < -0.4 is 29.8 Å². The van der Waals surface area contributed by atoms with E-state index in [1.165, 1.54) is 0 Å². The van der Waals surface area contributed by atoms with E-state index in [1.807, 2.05) is 103 Å². The van der Waals surface area contributed by atoms with Crippen LogP contribution in [-0.4, -0.2) is 67.0 Å². The number of thioether (sulfide) groups is 1. The fourth-order valence-electron chi connectivity index (χ4n) is 6.13. The number of hydrogen-bond donors (Lipinski definition) is 0. The van der Waals surface area contributed by atoms with E-state index in [0.717, 1.165) is 63.3 Å². The van der Waals surface area contributed by atoms with Crippen LogP contribution in [0.5, 0.6) is 23.0 Å². The minimum absolute atomic E-state index is 0.0127. The third kappa shape index (κ3) is 10.2. The van der Waals surface area contributed by atoms with Gasteiger partial charge in [-0.2, -0.15) is 11.8 Å². The van der Waals surface area contributed by atoms with Crippen LogP contribution >= 0.6 is 11.8 Å². The molecule has 0 radical (unpaired) electrons. The van der Waals surface area contributed by atoms with Crippen LogP contribution in [0.2, 0.25) is 0 Å². The van der Waals surface area contributed by atoms with E-state index in [1.54, 1.807) is 44.6 Å². The molecule has 12 heteroatoms. The molecule has 0 saturated carbocycles. The summed E-state index contributed by atoms with van der Waals surface area (Å²) in [5, 5.41) is 0. The highest BCUT2D eigenvalue weighted by atomic mass is 32.2. The summed E-state index contributed by atoms with van der Waals surface area (Å²) in [6.07, 6.45) is 9.23. The van der Waals surface area contributed by atoms with Crippen molar-refractivity contribution >= 4 is 46.2 Å². The largest absolute Gasteiger partial charge is 0.493 e. The van der Waals surface area contributed by atoms with Gasteiger partial charge in [0.05, 0.1) is 25.7 Å². The molecule has 276 valence electrons. The average Bonchev–Trinajstić information content (AvgIpc) is 3.72. The number of methoxy groups -OCH3 is 2. The molecule has 2 aliphatic heterocycles. The zero-order valence-electron chi connectivity index (χ0n) is 30.5. The predicted molar refractivity (Wildman–Crippen MR) is 211 cm³/mol. The maximum atomic E-state index is 11.7. The summed E-state index contributed by atoms with van der Waals surface area (Å²) in [5.41, 5.74) is 5.44. The zero-order valence-corrected chi connectivity index (χ0v) is 32.1. The van der Waals surface area contributed by atoms with Crippen molar-refractivity contribution in [3.8, 4) is 23.0 Å². The van der Waals surface area contributed by atoms with E-state index in [0.29, 0.717) is 17.9 Å². The Hall–Kier alpha value is -4.68. The number of pyridine rings is 2. The minimum atomic E-state index is -3.01. The summed E-state index contributed by atoms with van der Waals surface area (Å²) < 4.78 is 50.0. The van der Waals surface area contributed by atoms with Crippen molar-refractivity contribution in [2.24, 2.45) is 0 Å². The molecule has 2 aromatic carbocycles. The molecule has 2 aromatic heterocycles. The average molecular weight is 747 g/mol. The normalized spacial score (nSPS) is 18.0. The molecule has 2 fully saturated rings. The van der Waals surface area contributed by atoms with Crippen molar-refractivity contribution in [3.05, 3.63) is 115 Å². The van der Waals surface area contributed by atoms with Gasteiger partial charge < -0.3 is 28.1 Å². The summed E-state index contributed by atoms with van der Waals surface area (Å²) in [5.74, 6) is 4.99. The lowest BCUT2D eigenvalue weighted by Crippen LogP contribution is -2.18. The lowest BCUT2D eigenvalue weighted by atomic mass is 10.2. The maximum Gasteiger partial charge on any atom is 0.182 e. The van der Waals surface area contributed by atoms with Gasteiger partial charge in [-0.05, 0) is 93.8 Å². The van der Waals surface area contributed by atoms with Gasteiger partial charge in [-0.25, -0.2) is 8.42 Å². The molecule has 0 unspecified atom stereocenters. The predicted octanol–water partition coefficient (Wildman–Crippen LogP) is 6.65. The van der Waals surface area contributed by atoms with E-state index in [4.69, 9.17) is 18.9 Å². The van der Waals surface area contributed by atoms with Crippen LogP contribution in [0, 0.1) is 27.7 Å². The number of sulfone groups is 1. The summed E-state index contributed by atoms with van der Waals surface area (Å²) in [4.78, 5) is 23.1. The number of rotatable bonds is 10. The molecule has 4 heterocycles. The van der Waals surface area contributed by atoms with Gasteiger partial charge in [0.1, 0.15) is 12.2 Å². The Morgan fingerprint density at radius 1 is 0.654 bits per heavy atom. The molecule has 0 N–H and O–H groups in total. The monoisotopic (exact) mass is 746 g/mol. The second-order valence-electron chi connectivity index (χ2n) is 12.9. The van der Waals surface area contributed by atoms with Crippen molar-refractivity contribution in [2.75, 3.05) is 37.2 Å². The Balaban J connectivity index is 0.000000202. The number of ether oxygens (including phenoxy) is 4. The molecule has 4 aromatic rings. The molecular weight excluding hydrogens is 701 g/mol. The van der Waals surface area contributed by atoms with Crippen LogP contribution in [0.15, 0.2) is 70.3 Å². The first kappa shape index (κ1) is 38.5. The van der Waals surface area contributed by atoms with Crippen molar-refractivity contribution < 1.29 is 27.4 Å². The van der Waals surface area contributed by atoms with Gasteiger partial charge in [0, 0.05) is 65.2 Å². The molecule has 2 saturated heterocycles. The SMILES string of the molecule is COc1ccc(/C=C/n2c(C)cc(=O)cc2C)cc1O[C@H]1CCS(=O)(=O)C1.COc1ccc(/C=C/n2c(C)cc(=O)cc2C)cc1O[C@H]1CCSC1. The Kier molecular flexibility index (Phi) is 12.8. The van der Waals surface area contributed by atoms with E-state index in [-0.39, 0.29) is 34.6 Å². The van der Waals surface area contributed by atoms with Gasteiger partial charge in [-0.1, -0.05) is 12.1 Å². The Bertz CT molecular complexity index is 2130. The third-order valence-electron chi connectivity index (χ3n) is 8.80. The highest BCUT2D eigenvalue weighted by Crippen LogP contribution is 2.33. The highest BCUT2D eigenvalue weighted by molar-refractivity contribution is 7.99. The topological polar surface area (TPSA) is 115 Å². The van der Waals surface area contributed by atoms with Gasteiger partial charge in [0.2, 0.25) is 0 Å². The molecule has 2 atom stereocenters. The van der Waals surface area contributed by atoms with Gasteiger partial charge in [0.15, 0.2) is 43.7 Å². The first-order chi connectivity index (χ1) is 24.8. The van der Waals surface area contributed by atoms with Crippen LogP contribution in [0.1, 0.15) is 46.7 Å². The quantitative estimate of drug-likeness (QED) is 0.176. The van der Waals surface area contributed by atoms with Crippen LogP contribution in [0.3, 0.4) is 0 Å². The maximum absolute atomic E-state index is 11.7. The van der Waals surface area contributed by atoms with E-state index >= 15 is 0 Å². The molecule has 0 amide bonds. The summed E-state index contributed by atoms with van der Waals surface area (Å²) in [6, 6.07) is 17.9. The van der Waals surface area contributed by atoms with E-state index < -0.39 is 9.84 Å². The lowest BCUT2D eigenvalue weighted by molar-refractivity contribution is 0.218. The second-order valence-corrected chi connectivity index (χ2v) is 16.3. The van der Waals surface area contributed by atoms with Crippen LogP contribution in [-0.2, 0) is 9.84 Å². The number of nitrogens with zero attached hydrogens (tertiary/aromatic N) is 2. The molecule has 2 aliphatic rings. The molecule has 0 bridgehead atoms. The van der Waals surface area contributed by atoms with Gasteiger partial charge in [-0.15, -0.1) is 0 Å². The first-order valence-electron chi connectivity index (χ1n) is 17.1. The number of aromatic nitrogens is 2. The fraction of sp³-hybridized carbons (Fsp3) is 0.350. The molecular formula is C40H46N2O8S2. The highest BCUT2D eigenvalue weighted by Gasteiger charge is 2.30. The fourth-order valence-corrected chi connectivity index (χ4v) is 8.81. The smallest absolute Gasteiger partial charge is 0.182 e. The van der Waals surface area contributed by atoms with E-state index in [9.17, 15) is 18.0 Å². The number of benzene rings is 2. The Labute approximate surface area is 309 Å². The van der Waals surface area contributed by atoms with Crippen LogP contribution in [0.4, 0.5) is 0 Å². The summed E-state index contributed by atoms with van der Waals surface area (Å²) in [7, 11) is 0.199. The molecule has 0 aliphatic carbocycles. The third-order valence-corrected chi connectivity index (χ3v) is 11.7. The molecule has 0 spiro atoms. The van der Waals surface area contributed by atoms with Crippen molar-refractivity contribution in [3.63, 3.8) is 0 Å². The Morgan fingerprint density at radius 3 is 1.50 bits per heavy atom. The molecule has 52 heavy (non-hydrogen) atoms. The van der Waals surface area contributed by atoms with E-state index in [2.05, 4.69) is 0 Å². The van der Waals surface area contributed by atoms with Gasteiger partial charge in [-0.3, -0.25) is 9.59 Å². The number of aryl methyl sites for hydroxylation is 4. The standard InChI is InChI=1S/C20H23NO5S.C20H23NO3S/c1-14-10-17(22)11-15(2)21(14)8-6-16-4-5-19(25-3)20(12-16)26-18-7-9-27(23,24)13-18;1-14-10-17(22)11-15(2)21(14)8-6-16-4-5-19(23-3)20(12-16)24-18-7-9-25-13-18/h4-6,8,10-12,18H,7,9,13H2,1-3H3;4-6,8,10-12,18H,7,9,13H2,1-3H3/b2*8-6+/t2*18-/m00/s1. The first-order valence-corrected chi connectivity index (χ1v) is 20.1. The van der Waals surface area contributed by atoms with Crippen molar-refractivity contribution in [1.82, 2.24) is 9.13 Å². The zero-order chi connectivity index (χ0) is 37.4. The molecule has 10 nitrogen and oxygen atoms in total. The Morgan fingerprint density at radius 2 is 1.12 bits per heavy atom. The number of hydrogen-bond acceptors (Lipinski definition) is 9. The van der Waals surface area contributed by atoms with Crippen molar-refractivity contribution in [1.29, 1.82) is 0 Å². The van der Waals surface area contributed by atoms with Gasteiger partial charge in [0.25, 0.3) is 0 Å². The van der Waals surface area contributed by atoms with Gasteiger partial charge >= 0.3 is 0 Å². The lowest BCUT2D eigenvalue weighted by Gasteiger charge is -2.16. The minimum Gasteiger partial charge on any atom is -0.493 e. The van der Waals surface area contributed by atoms with Crippen LogP contribution in [0.25, 0.3) is 24.6 Å². The summed E-state index contributed by atoms with van der Waals surface area (Å²) >= 11 is 1.92. The summed E-state index contributed by atoms with van der Waals surface area (Å²) in [6.45, 7) is 7.61. The second kappa shape index (κ2) is 17.2. The molecule has 6 rings (SSSR count). The van der Waals surface area contributed by atoms with Crippen molar-refractivity contribution in [2.45, 2.75) is 52.7 Å².